The van der Waals surface area contributed by atoms with Gasteiger partial charge >= 0.3 is 0 Å². The van der Waals surface area contributed by atoms with Gasteiger partial charge in [0.1, 0.15) is 0 Å². The lowest BCUT2D eigenvalue weighted by Crippen LogP contribution is -2.43. The topological polar surface area (TPSA) is 29.3 Å². The van der Waals surface area contributed by atoms with Crippen LogP contribution in [0.4, 0.5) is 0 Å². The summed E-state index contributed by atoms with van der Waals surface area (Å²) < 4.78 is 0. The second-order valence-electron chi connectivity index (χ2n) is 5.87. The smallest absolute Gasteiger partial charge is 0.0168 e. The van der Waals surface area contributed by atoms with Crippen molar-refractivity contribution in [1.29, 1.82) is 0 Å². The zero-order valence-electron chi connectivity index (χ0n) is 10.1. The lowest BCUT2D eigenvalue weighted by atomic mass is 9.90. The zero-order valence-corrected chi connectivity index (χ0v) is 10.1. The number of nitrogens with zero attached hydrogens (tertiary/aromatic N) is 1. The lowest BCUT2D eigenvalue weighted by Gasteiger charge is -2.31. The number of rotatable bonds is 3. The third-order valence-corrected chi connectivity index (χ3v) is 2.94. The third kappa shape index (κ3) is 4.97. The highest BCUT2D eigenvalue weighted by atomic mass is 15.1. The molecule has 0 amide bonds. The van der Waals surface area contributed by atoms with E-state index in [4.69, 9.17) is 5.73 Å². The van der Waals surface area contributed by atoms with E-state index in [1.165, 1.54) is 38.8 Å². The Balaban J connectivity index is 2.12. The zero-order chi connectivity index (χ0) is 10.6. The predicted octanol–water partition coefficient (Wildman–Crippen LogP) is 2.24. The van der Waals surface area contributed by atoms with Gasteiger partial charge in [0.05, 0.1) is 0 Å². The maximum Gasteiger partial charge on any atom is 0.0168 e. The van der Waals surface area contributed by atoms with Crippen molar-refractivity contribution in [2.45, 2.75) is 52.5 Å². The molecular formula is C12H26N2. The first-order chi connectivity index (χ1) is 6.47. The summed E-state index contributed by atoms with van der Waals surface area (Å²) in [4.78, 5) is 2.53. The van der Waals surface area contributed by atoms with E-state index < -0.39 is 0 Å². The Bertz CT molecular complexity index is 160. The first-order valence-electron chi connectivity index (χ1n) is 5.95. The Morgan fingerprint density at radius 3 is 2.64 bits per heavy atom. The highest BCUT2D eigenvalue weighted by Crippen LogP contribution is 2.21. The van der Waals surface area contributed by atoms with Gasteiger partial charge in [0.15, 0.2) is 0 Å². The van der Waals surface area contributed by atoms with Crippen molar-refractivity contribution in [3.05, 3.63) is 0 Å². The van der Waals surface area contributed by atoms with E-state index in [2.05, 4.69) is 25.7 Å². The molecule has 2 N–H and O–H groups in total. The molecule has 1 atom stereocenters. The molecule has 0 aliphatic carbocycles. The second kappa shape index (κ2) is 5.13. The predicted molar refractivity (Wildman–Crippen MR) is 62.3 cm³/mol. The maximum atomic E-state index is 5.94. The van der Waals surface area contributed by atoms with Crippen molar-refractivity contribution < 1.29 is 0 Å². The van der Waals surface area contributed by atoms with Gasteiger partial charge in [-0.25, -0.2) is 0 Å². The third-order valence-electron chi connectivity index (χ3n) is 2.94. The summed E-state index contributed by atoms with van der Waals surface area (Å²) >= 11 is 0. The average Bonchev–Trinajstić information content (AvgIpc) is 2.01. The van der Waals surface area contributed by atoms with Gasteiger partial charge in [-0.15, -0.1) is 0 Å². The molecule has 1 heterocycles. The van der Waals surface area contributed by atoms with Crippen molar-refractivity contribution in [3.8, 4) is 0 Å². The molecule has 14 heavy (non-hydrogen) atoms. The van der Waals surface area contributed by atoms with E-state index in [0.29, 0.717) is 11.5 Å². The fourth-order valence-electron chi connectivity index (χ4n) is 2.13. The Kier molecular flexibility index (Phi) is 4.39. The van der Waals surface area contributed by atoms with Crippen LogP contribution in [0.1, 0.15) is 46.5 Å². The molecule has 0 saturated carbocycles. The molecule has 1 fully saturated rings. The van der Waals surface area contributed by atoms with Crippen LogP contribution in [0.25, 0.3) is 0 Å². The molecule has 0 aromatic carbocycles. The highest BCUT2D eigenvalue weighted by molar-refractivity contribution is 4.75. The summed E-state index contributed by atoms with van der Waals surface area (Å²) in [5, 5.41) is 0. The van der Waals surface area contributed by atoms with E-state index in [0.717, 1.165) is 6.54 Å². The Morgan fingerprint density at radius 2 is 2.07 bits per heavy atom. The van der Waals surface area contributed by atoms with Crippen molar-refractivity contribution in [2.75, 3.05) is 19.6 Å². The van der Waals surface area contributed by atoms with E-state index in [-0.39, 0.29) is 0 Å². The standard InChI is InChI=1S/C12H26N2/c1-12(2,3)7-5-9-14-8-4-6-11(13)10-14/h11H,4-10,13H2,1-3H3/t11-/m0/s1. The number of hydrogen-bond donors (Lipinski definition) is 1. The van der Waals surface area contributed by atoms with Crippen LogP contribution < -0.4 is 5.73 Å². The van der Waals surface area contributed by atoms with Crippen LogP contribution in [0, 0.1) is 5.41 Å². The molecule has 0 bridgehead atoms. The van der Waals surface area contributed by atoms with Crippen LogP contribution in [0.5, 0.6) is 0 Å². The summed E-state index contributed by atoms with van der Waals surface area (Å²) in [5.74, 6) is 0. The largest absolute Gasteiger partial charge is 0.327 e. The molecule has 0 unspecified atom stereocenters. The minimum Gasteiger partial charge on any atom is -0.327 e. The van der Waals surface area contributed by atoms with Crippen LogP contribution >= 0.6 is 0 Å². The molecule has 0 spiro atoms. The highest BCUT2D eigenvalue weighted by Gasteiger charge is 2.17. The number of nitrogens with two attached hydrogens (primary N) is 1. The quantitative estimate of drug-likeness (QED) is 0.753. The van der Waals surface area contributed by atoms with Crippen LogP contribution in [-0.4, -0.2) is 30.6 Å². The molecule has 0 aromatic heterocycles. The summed E-state index contributed by atoms with van der Waals surface area (Å²) in [5.41, 5.74) is 6.43. The fraction of sp³-hybridized carbons (Fsp3) is 1.00. The molecule has 1 aliphatic rings. The van der Waals surface area contributed by atoms with Gasteiger partial charge in [-0.1, -0.05) is 20.8 Å². The Hall–Kier alpha value is -0.0800. The first-order valence-corrected chi connectivity index (χ1v) is 5.95. The number of likely N-dealkylation sites (tertiary alicyclic amines) is 1. The van der Waals surface area contributed by atoms with Crippen molar-refractivity contribution >= 4 is 0 Å². The van der Waals surface area contributed by atoms with Gasteiger partial charge in [0.25, 0.3) is 0 Å². The minimum atomic E-state index is 0.429. The maximum absolute atomic E-state index is 5.94. The summed E-state index contributed by atoms with van der Waals surface area (Å²) in [6.07, 6.45) is 5.14. The van der Waals surface area contributed by atoms with Gasteiger partial charge in [-0.05, 0) is 44.2 Å². The SMILES string of the molecule is CC(C)(C)CCCN1CCC[C@H](N)C1. The molecule has 2 nitrogen and oxygen atoms in total. The van der Waals surface area contributed by atoms with Crippen LogP contribution in [-0.2, 0) is 0 Å². The Labute approximate surface area is 88.8 Å². The van der Waals surface area contributed by atoms with Gasteiger partial charge in [0, 0.05) is 12.6 Å². The molecule has 1 rings (SSSR count). The number of piperidine rings is 1. The van der Waals surface area contributed by atoms with Crippen molar-refractivity contribution in [3.63, 3.8) is 0 Å². The molecule has 0 aromatic rings. The summed E-state index contributed by atoms with van der Waals surface area (Å²) in [6.45, 7) is 10.6. The molecule has 0 radical (unpaired) electrons. The van der Waals surface area contributed by atoms with Crippen LogP contribution in [0.2, 0.25) is 0 Å². The van der Waals surface area contributed by atoms with Gasteiger partial charge < -0.3 is 10.6 Å². The fourth-order valence-corrected chi connectivity index (χ4v) is 2.13. The van der Waals surface area contributed by atoms with Crippen molar-refractivity contribution in [1.82, 2.24) is 4.90 Å². The molecule has 2 heteroatoms. The van der Waals surface area contributed by atoms with Crippen molar-refractivity contribution in [2.24, 2.45) is 11.1 Å². The summed E-state index contributed by atoms with van der Waals surface area (Å²) in [7, 11) is 0. The molecule has 1 saturated heterocycles. The van der Waals surface area contributed by atoms with Gasteiger partial charge in [-0.2, -0.15) is 0 Å². The Morgan fingerprint density at radius 1 is 1.36 bits per heavy atom. The van der Waals surface area contributed by atoms with Gasteiger partial charge in [-0.3, -0.25) is 0 Å². The van der Waals surface area contributed by atoms with E-state index in [1.807, 2.05) is 0 Å². The second-order valence-corrected chi connectivity index (χ2v) is 5.87. The normalized spacial score (nSPS) is 25.3. The lowest BCUT2D eigenvalue weighted by molar-refractivity contribution is 0.196. The van der Waals surface area contributed by atoms with E-state index in [9.17, 15) is 0 Å². The summed E-state index contributed by atoms with van der Waals surface area (Å²) in [6, 6.07) is 0.429. The van der Waals surface area contributed by atoms with E-state index in [1.54, 1.807) is 0 Å². The monoisotopic (exact) mass is 198 g/mol. The number of hydrogen-bond acceptors (Lipinski definition) is 2. The first kappa shape index (κ1) is 12.0. The van der Waals surface area contributed by atoms with Crippen LogP contribution in [0.3, 0.4) is 0 Å². The molecule has 84 valence electrons. The molecule has 1 aliphatic heterocycles. The average molecular weight is 198 g/mol. The van der Waals surface area contributed by atoms with E-state index >= 15 is 0 Å². The van der Waals surface area contributed by atoms with Crippen LogP contribution in [0.15, 0.2) is 0 Å². The van der Waals surface area contributed by atoms with Gasteiger partial charge in [0.2, 0.25) is 0 Å². The minimum absolute atomic E-state index is 0.429. The molecular weight excluding hydrogens is 172 g/mol.